The van der Waals surface area contributed by atoms with Crippen LogP contribution < -0.4 is 4.72 Å². The van der Waals surface area contributed by atoms with Gasteiger partial charge in [-0.15, -0.1) is 22.7 Å². The number of nitrogens with zero attached hydrogens (tertiary/aromatic N) is 3. The smallest absolute Gasteiger partial charge is 0.263 e. The molecule has 0 atom stereocenters. The summed E-state index contributed by atoms with van der Waals surface area (Å²) in [6.45, 7) is 0. The van der Waals surface area contributed by atoms with Gasteiger partial charge < -0.3 is 4.42 Å². The van der Waals surface area contributed by atoms with Crippen LogP contribution in [-0.4, -0.2) is 18.4 Å². The molecule has 0 aliphatic rings. The minimum absolute atomic E-state index is 0.121. The van der Waals surface area contributed by atoms with Crippen LogP contribution in [0, 0.1) is 11.3 Å². The third-order valence-corrected chi connectivity index (χ3v) is 7.90. The van der Waals surface area contributed by atoms with E-state index in [9.17, 15) is 13.7 Å². The highest BCUT2D eigenvalue weighted by atomic mass is 32.2. The molecule has 0 saturated heterocycles. The number of hydrogen-bond donors (Lipinski definition) is 1. The largest absolute Gasteiger partial charge is 0.457 e. The molecule has 0 unspecified atom stereocenters. The Morgan fingerprint density at radius 3 is 2.64 bits per heavy atom. The van der Waals surface area contributed by atoms with Crippen LogP contribution in [0.3, 0.4) is 0 Å². The van der Waals surface area contributed by atoms with Crippen molar-refractivity contribution in [2.45, 2.75) is 4.90 Å². The van der Waals surface area contributed by atoms with E-state index in [4.69, 9.17) is 4.42 Å². The number of rotatable bonds is 6. The molecule has 0 aliphatic heterocycles. The summed E-state index contributed by atoms with van der Waals surface area (Å²) in [7, 11) is -3.72. The van der Waals surface area contributed by atoms with Crippen molar-refractivity contribution in [3.05, 3.63) is 83.0 Å². The number of nitriles is 1. The maximum Gasteiger partial charge on any atom is 0.263 e. The molecule has 0 aliphatic carbocycles. The fourth-order valence-corrected chi connectivity index (χ4v) is 5.82. The highest BCUT2D eigenvalue weighted by Crippen LogP contribution is 2.30. The number of thiazole rings is 2. The van der Waals surface area contributed by atoms with Crippen LogP contribution in [0.5, 0.6) is 0 Å². The lowest BCUT2D eigenvalue weighted by atomic mass is 10.2. The van der Waals surface area contributed by atoms with Gasteiger partial charge in [0.1, 0.15) is 22.6 Å². The average molecular weight is 491 g/mol. The predicted molar refractivity (Wildman–Crippen MR) is 130 cm³/mol. The van der Waals surface area contributed by atoms with E-state index in [1.54, 1.807) is 35.7 Å². The zero-order chi connectivity index (χ0) is 22.8. The monoisotopic (exact) mass is 490 g/mol. The van der Waals surface area contributed by atoms with Crippen LogP contribution >= 0.6 is 22.7 Å². The number of anilines is 1. The lowest BCUT2D eigenvalue weighted by Crippen LogP contribution is -2.12. The van der Waals surface area contributed by atoms with Crippen LogP contribution in [0.2, 0.25) is 0 Å². The van der Waals surface area contributed by atoms with Gasteiger partial charge >= 0.3 is 0 Å². The van der Waals surface area contributed by atoms with Crippen molar-refractivity contribution in [1.82, 2.24) is 9.97 Å². The molecule has 10 heteroatoms. The highest BCUT2D eigenvalue weighted by molar-refractivity contribution is 7.93. The summed E-state index contributed by atoms with van der Waals surface area (Å²) in [5, 5.41) is 12.3. The second kappa shape index (κ2) is 8.63. The van der Waals surface area contributed by atoms with Gasteiger partial charge in [-0.25, -0.2) is 18.4 Å². The van der Waals surface area contributed by atoms with Crippen LogP contribution in [0.15, 0.2) is 81.6 Å². The molecule has 0 radical (unpaired) electrons. The number of sulfonamides is 1. The minimum atomic E-state index is -3.72. The second-order valence-corrected chi connectivity index (χ2v) is 10.4. The van der Waals surface area contributed by atoms with Gasteiger partial charge in [0.15, 0.2) is 5.13 Å². The molecule has 2 aromatic carbocycles. The number of para-hydroxylation sites is 1. The molecule has 7 nitrogen and oxygen atoms in total. The van der Waals surface area contributed by atoms with Gasteiger partial charge in [0, 0.05) is 23.2 Å². The van der Waals surface area contributed by atoms with Gasteiger partial charge in [-0.3, -0.25) is 4.72 Å². The Kier molecular flexibility index (Phi) is 5.51. The molecular formula is C23H14N4O3S3. The molecule has 3 aromatic heterocycles. The van der Waals surface area contributed by atoms with Crippen LogP contribution in [-0.2, 0) is 10.0 Å². The third-order valence-electron chi connectivity index (χ3n) is 4.66. The quantitative estimate of drug-likeness (QED) is 0.298. The van der Waals surface area contributed by atoms with Crippen molar-refractivity contribution in [2.75, 3.05) is 4.72 Å². The van der Waals surface area contributed by atoms with E-state index in [-0.39, 0.29) is 4.90 Å². The third kappa shape index (κ3) is 4.42. The molecule has 0 amide bonds. The van der Waals surface area contributed by atoms with E-state index in [0.29, 0.717) is 32.8 Å². The van der Waals surface area contributed by atoms with E-state index in [2.05, 4.69) is 20.8 Å². The average Bonchev–Trinajstić information content (AvgIpc) is 3.58. The first-order valence-corrected chi connectivity index (χ1v) is 12.8. The fourth-order valence-electron chi connectivity index (χ4n) is 3.10. The van der Waals surface area contributed by atoms with Gasteiger partial charge in [-0.05, 0) is 48.5 Å². The summed E-state index contributed by atoms with van der Waals surface area (Å²) < 4.78 is 34.3. The normalized spacial score (nSPS) is 12.0. The van der Waals surface area contributed by atoms with E-state index in [1.165, 1.54) is 41.0 Å². The first kappa shape index (κ1) is 21.1. The minimum Gasteiger partial charge on any atom is -0.457 e. The number of furan rings is 1. The summed E-state index contributed by atoms with van der Waals surface area (Å²) in [5.74, 6) is 1.06. The lowest BCUT2D eigenvalue weighted by molar-refractivity contribution is 0.572. The number of benzene rings is 2. The van der Waals surface area contributed by atoms with E-state index >= 15 is 0 Å². The number of nitrogens with one attached hydrogen (secondary N) is 1. The molecule has 0 fully saturated rings. The zero-order valence-electron chi connectivity index (χ0n) is 16.8. The van der Waals surface area contributed by atoms with Crippen molar-refractivity contribution in [2.24, 2.45) is 0 Å². The van der Waals surface area contributed by atoms with E-state index < -0.39 is 10.0 Å². The molecule has 5 aromatic rings. The van der Waals surface area contributed by atoms with E-state index in [0.717, 1.165) is 10.2 Å². The Morgan fingerprint density at radius 1 is 1.09 bits per heavy atom. The molecule has 3 heterocycles. The molecule has 5 rings (SSSR count). The van der Waals surface area contributed by atoms with Crippen LogP contribution in [0.25, 0.3) is 33.2 Å². The maximum absolute atomic E-state index is 12.5. The topological polar surface area (TPSA) is 109 Å². The molecular weight excluding hydrogens is 476 g/mol. The molecule has 33 heavy (non-hydrogen) atoms. The molecule has 0 bridgehead atoms. The Bertz CT molecular complexity index is 1570. The first-order chi connectivity index (χ1) is 16.0. The summed E-state index contributed by atoms with van der Waals surface area (Å²) >= 11 is 2.65. The SMILES string of the molecule is N#C/C(=C/c1ccc(-c2ccc(S(=O)(=O)Nc3nccs3)cc2)o1)c1nc2ccccc2s1. The second-order valence-electron chi connectivity index (χ2n) is 6.83. The van der Waals surface area contributed by atoms with Crippen LogP contribution in [0.1, 0.15) is 10.8 Å². The number of aromatic nitrogens is 2. The molecule has 162 valence electrons. The highest BCUT2D eigenvalue weighted by Gasteiger charge is 2.16. The van der Waals surface area contributed by atoms with Crippen molar-refractivity contribution >= 4 is 59.7 Å². The van der Waals surface area contributed by atoms with Gasteiger partial charge in [0.25, 0.3) is 10.0 Å². The molecule has 0 spiro atoms. The maximum atomic E-state index is 12.5. The standard InChI is InChI=1S/C23H14N4O3S3/c24-14-16(22-26-19-3-1-2-4-21(19)32-22)13-17-7-10-20(30-17)15-5-8-18(9-6-15)33(28,29)27-23-25-11-12-31-23/h1-13H,(H,25,27)/b16-13-. The summed E-state index contributed by atoms with van der Waals surface area (Å²) in [5.41, 5.74) is 1.96. The van der Waals surface area contributed by atoms with Crippen LogP contribution in [0.4, 0.5) is 5.13 Å². The predicted octanol–water partition coefficient (Wildman–Crippen LogP) is 5.88. The Labute approximate surface area is 197 Å². The van der Waals surface area contributed by atoms with Crippen molar-refractivity contribution in [3.63, 3.8) is 0 Å². The lowest BCUT2D eigenvalue weighted by Gasteiger charge is -2.05. The Morgan fingerprint density at radius 2 is 1.91 bits per heavy atom. The van der Waals surface area contributed by atoms with Crippen molar-refractivity contribution in [3.8, 4) is 17.4 Å². The first-order valence-electron chi connectivity index (χ1n) is 9.62. The van der Waals surface area contributed by atoms with E-state index in [1.807, 2.05) is 24.3 Å². The number of allylic oxidation sites excluding steroid dienone is 1. The summed E-state index contributed by atoms with van der Waals surface area (Å²) in [6, 6.07) is 19.8. The Hall–Kier alpha value is -3.78. The fraction of sp³-hybridized carbons (Fsp3) is 0. The summed E-state index contributed by atoms with van der Waals surface area (Å²) in [6.07, 6.45) is 3.18. The van der Waals surface area contributed by atoms with Gasteiger partial charge in [0.2, 0.25) is 0 Å². The number of fused-ring (bicyclic) bond motifs is 1. The summed E-state index contributed by atoms with van der Waals surface area (Å²) in [4.78, 5) is 8.59. The van der Waals surface area contributed by atoms with Gasteiger partial charge in [-0.1, -0.05) is 12.1 Å². The molecule has 0 saturated carbocycles. The van der Waals surface area contributed by atoms with Crippen molar-refractivity contribution < 1.29 is 12.8 Å². The number of hydrogen-bond acceptors (Lipinski definition) is 8. The zero-order valence-corrected chi connectivity index (χ0v) is 19.2. The van der Waals surface area contributed by atoms with Crippen molar-refractivity contribution in [1.29, 1.82) is 5.26 Å². The van der Waals surface area contributed by atoms with Gasteiger partial charge in [0.05, 0.1) is 20.7 Å². The van der Waals surface area contributed by atoms with Gasteiger partial charge in [-0.2, -0.15) is 5.26 Å². The molecule has 1 N–H and O–H groups in total. The Balaban J connectivity index is 1.38.